The Bertz CT molecular complexity index is 1110. The molecule has 10 heteroatoms. The van der Waals surface area contributed by atoms with E-state index in [0.29, 0.717) is 21.5 Å². The maximum Gasteiger partial charge on any atom is 0.257 e. The number of hydrogen-bond donors (Lipinski definition) is 1. The normalized spacial score (nSPS) is 11.6. The summed E-state index contributed by atoms with van der Waals surface area (Å²) in [7, 11) is 0. The predicted octanol–water partition coefficient (Wildman–Crippen LogP) is 3.92. The van der Waals surface area contributed by atoms with Crippen LogP contribution in [0.15, 0.2) is 41.1 Å². The van der Waals surface area contributed by atoms with Crippen molar-refractivity contribution in [2.75, 3.05) is 11.9 Å². The number of anilines is 1. The quantitative estimate of drug-likeness (QED) is 0.504. The van der Waals surface area contributed by atoms with E-state index in [9.17, 15) is 13.2 Å². The lowest BCUT2D eigenvalue weighted by molar-refractivity contribution is 0.163. The van der Waals surface area contributed by atoms with Crippen LogP contribution in [0.25, 0.3) is 28.1 Å². The van der Waals surface area contributed by atoms with Gasteiger partial charge < -0.3 is 5.32 Å². The Morgan fingerprint density at radius 2 is 2.04 bits per heavy atom. The second-order valence-corrected chi connectivity index (χ2v) is 6.21. The molecule has 26 heavy (non-hydrogen) atoms. The number of hydrogen-bond acceptors (Lipinski definition) is 5. The van der Waals surface area contributed by atoms with Crippen LogP contribution in [-0.2, 0) is 0 Å². The molecule has 0 aliphatic heterocycles. The van der Waals surface area contributed by atoms with Gasteiger partial charge >= 0.3 is 0 Å². The molecule has 0 unspecified atom stereocenters. The summed E-state index contributed by atoms with van der Waals surface area (Å²) >= 11 is 3.29. The first-order chi connectivity index (χ1) is 12.5. The van der Waals surface area contributed by atoms with Crippen molar-refractivity contribution in [1.82, 2.24) is 24.6 Å². The summed E-state index contributed by atoms with van der Waals surface area (Å²) in [4.78, 5) is 8.25. The summed E-state index contributed by atoms with van der Waals surface area (Å²) in [5.74, 6) is 0.0272. The minimum atomic E-state index is -2.60. The zero-order valence-electron chi connectivity index (χ0n) is 13.0. The summed E-state index contributed by atoms with van der Waals surface area (Å²) in [6, 6.07) is 7.90. The summed E-state index contributed by atoms with van der Waals surface area (Å²) in [6.07, 6.45) is -1.01. The van der Waals surface area contributed by atoms with Gasteiger partial charge in [0.1, 0.15) is 16.2 Å². The average molecular weight is 423 g/mol. The third-order valence-corrected chi connectivity index (χ3v) is 4.17. The van der Waals surface area contributed by atoms with Gasteiger partial charge in [0.05, 0.1) is 17.4 Å². The Balaban J connectivity index is 2.01. The number of fused-ring (bicyclic) bond motifs is 3. The van der Waals surface area contributed by atoms with Crippen LogP contribution in [0, 0.1) is 5.82 Å². The van der Waals surface area contributed by atoms with Crippen molar-refractivity contribution in [3.05, 3.63) is 46.9 Å². The number of alkyl halides is 2. The highest BCUT2D eigenvalue weighted by Gasteiger charge is 2.18. The molecule has 0 radical (unpaired) electrons. The molecule has 0 aliphatic carbocycles. The second-order valence-electron chi connectivity index (χ2n) is 5.39. The van der Waals surface area contributed by atoms with E-state index < -0.39 is 18.8 Å². The van der Waals surface area contributed by atoms with Gasteiger partial charge in [-0.25, -0.2) is 18.2 Å². The monoisotopic (exact) mass is 422 g/mol. The summed E-state index contributed by atoms with van der Waals surface area (Å²) < 4.78 is 41.8. The molecule has 6 nitrogen and oxygen atoms in total. The van der Waals surface area contributed by atoms with Crippen LogP contribution in [0.4, 0.5) is 19.0 Å². The Kier molecular flexibility index (Phi) is 4.19. The van der Waals surface area contributed by atoms with Crippen molar-refractivity contribution >= 4 is 38.4 Å². The van der Waals surface area contributed by atoms with Crippen LogP contribution in [-0.4, -0.2) is 37.5 Å². The molecule has 0 spiro atoms. The molecule has 0 bridgehead atoms. The lowest BCUT2D eigenvalue weighted by Crippen LogP contribution is -2.13. The van der Waals surface area contributed by atoms with Crippen molar-refractivity contribution in [3.63, 3.8) is 0 Å². The van der Waals surface area contributed by atoms with E-state index in [-0.39, 0.29) is 17.0 Å². The van der Waals surface area contributed by atoms with Crippen molar-refractivity contribution < 1.29 is 13.2 Å². The van der Waals surface area contributed by atoms with Gasteiger partial charge in [-0.3, -0.25) is 4.40 Å². The molecule has 0 amide bonds. The molecule has 4 aromatic rings. The van der Waals surface area contributed by atoms with Crippen molar-refractivity contribution in [2.24, 2.45) is 0 Å². The van der Waals surface area contributed by atoms with Crippen molar-refractivity contribution in [1.29, 1.82) is 0 Å². The first-order valence-corrected chi connectivity index (χ1v) is 8.31. The fourth-order valence-corrected chi connectivity index (χ4v) is 3.05. The first-order valence-electron chi connectivity index (χ1n) is 7.52. The number of nitrogens with zero attached hydrogens (tertiary/aromatic N) is 5. The van der Waals surface area contributed by atoms with Crippen LogP contribution >= 0.6 is 15.9 Å². The van der Waals surface area contributed by atoms with E-state index in [2.05, 4.69) is 41.4 Å². The van der Waals surface area contributed by atoms with E-state index in [0.717, 1.165) is 0 Å². The van der Waals surface area contributed by atoms with Crippen LogP contribution in [0.1, 0.15) is 0 Å². The van der Waals surface area contributed by atoms with Gasteiger partial charge in [-0.15, -0.1) is 10.2 Å². The lowest BCUT2D eigenvalue weighted by atomic mass is 10.2. The highest BCUT2D eigenvalue weighted by molar-refractivity contribution is 9.10. The molecule has 0 saturated heterocycles. The Morgan fingerprint density at radius 3 is 2.81 bits per heavy atom. The molecule has 4 rings (SSSR count). The van der Waals surface area contributed by atoms with Gasteiger partial charge in [0.25, 0.3) is 12.2 Å². The molecule has 0 saturated carbocycles. The Hall–Kier alpha value is -2.75. The van der Waals surface area contributed by atoms with Gasteiger partial charge in [-0.2, -0.15) is 4.98 Å². The summed E-state index contributed by atoms with van der Waals surface area (Å²) in [5, 5.41) is 10.7. The standard InChI is InChI=1S/C16H10BrF3N6/c17-11-6-8(4-5-21-11)15-24-25-16-23-14(22-7-12(19)20)13-9(18)2-1-3-10(13)26(15)16/h1-6,12H,7H2,(H,22,23,25). The maximum atomic E-state index is 14.5. The number of rotatable bonds is 4. The van der Waals surface area contributed by atoms with Gasteiger partial charge in [0, 0.05) is 11.8 Å². The van der Waals surface area contributed by atoms with Crippen molar-refractivity contribution in [2.45, 2.75) is 6.43 Å². The SMILES string of the molecule is Fc1cccc2c1c(NCC(F)F)nc1nnc(-c3ccnc(Br)c3)n12. The zero-order valence-corrected chi connectivity index (χ0v) is 14.6. The highest BCUT2D eigenvalue weighted by atomic mass is 79.9. The second kappa shape index (κ2) is 6.52. The predicted molar refractivity (Wildman–Crippen MR) is 93.7 cm³/mol. The largest absolute Gasteiger partial charge is 0.364 e. The van der Waals surface area contributed by atoms with E-state index in [4.69, 9.17) is 0 Å². The van der Waals surface area contributed by atoms with Crippen LogP contribution in [0.5, 0.6) is 0 Å². The van der Waals surface area contributed by atoms with Gasteiger partial charge in [0.15, 0.2) is 5.82 Å². The number of benzene rings is 1. The van der Waals surface area contributed by atoms with E-state index in [1.54, 1.807) is 28.8 Å². The molecule has 0 fully saturated rings. The number of aromatic nitrogens is 5. The van der Waals surface area contributed by atoms with Crippen LogP contribution < -0.4 is 5.32 Å². The molecule has 0 aliphatic rings. The lowest BCUT2D eigenvalue weighted by Gasteiger charge is -2.11. The summed E-state index contributed by atoms with van der Waals surface area (Å²) in [5.41, 5.74) is 1.11. The number of pyridine rings is 1. The Morgan fingerprint density at radius 1 is 1.19 bits per heavy atom. The minimum absolute atomic E-state index is 0.000703. The molecule has 1 N–H and O–H groups in total. The molecular formula is C16H10BrF3N6. The molecular weight excluding hydrogens is 413 g/mol. The third kappa shape index (κ3) is 2.85. The third-order valence-electron chi connectivity index (χ3n) is 3.74. The van der Waals surface area contributed by atoms with Gasteiger partial charge in [-0.05, 0) is 40.2 Å². The van der Waals surface area contributed by atoms with E-state index in [1.165, 1.54) is 12.1 Å². The van der Waals surface area contributed by atoms with E-state index >= 15 is 0 Å². The maximum absolute atomic E-state index is 14.5. The highest BCUT2D eigenvalue weighted by Crippen LogP contribution is 2.29. The fourth-order valence-electron chi connectivity index (χ4n) is 2.69. The molecule has 132 valence electrons. The van der Waals surface area contributed by atoms with E-state index in [1.807, 2.05) is 0 Å². The number of halogens is 4. The first kappa shape index (κ1) is 16.7. The van der Waals surface area contributed by atoms with Crippen LogP contribution in [0.2, 0.25) is 0 Å². The molecule has 0 atom stereocenters. The topological polar surface area (TPSA) is 68.0 Å². The van der Waals surface area contributed by atoms with Crippen molar-refractivity contribution in [3.8, 4) is 11.4 Å². The summed E-state index contributed by atoms with van der Waals surface area (Å²) in [6.45, 7) is -0.648. The molecule has 3 heterocycles. The molecule has 1 aromatic carbocycles. The average Bonchev–Trinajstić information content (AvgIpc) is 3.04. The van der Waals surface area contributed by atoms with Crippen LogP contribution in [0.3, 0.4) is 0 Å². The van der Waals surface area contributed by atoms with Gasteiger partial charge in [0.2, 0.25) is 0 Å². The fraction of sp³-hybridized carbons (Fsp3) is 0.125. The smallest absolute Gasteiger partial charge is 0.257 e. The molecule has 3 aromatic heterocycles. The Labute approximate surface area is 153 Å². The van der Waals surface area contributed by atoms with Gasteiger partial charge in [-0.1, -0.05) is 6.07 Å². The zero-order chi connectivity index (χ0) is 18.3. The number of nitrogens with one attached hydrogen (secondary N) is 1. The minimum Gasteiger partial charge on any atom is -0.364 e.